The van der Waals surface area contributed by atoms with Gasteiger partial charge in [0.1, 0.15) is 5.78 Å². The Kier molecular flexibility index (Phi) is 4.82. The number of imide groups is 1. The van der Waals surface area contributed by atoms with Crippen LogP contribution in [0.15, 0.2) is 113 Å². The quantitative estimate of drug-likeness (QED) is 0.247. The standard InChI is InChI=1S/C32H23N3O3/c1-19(36)32-25-13-7-5-11-23(25)27(24-12-6-8-14-26(24)32)28-29(32)31(38)35(30(28)37)22-17-15-21(16-18-22)34-33-20-9-3-2-4-10-20/h2-18,27-29H,1H3/t27?,28-,29-,32?/m0/s1. The molecule has 0 N–H and O–H groups in total. The molecule has 0 radical (unpaired) electrons. The van der Waals surface area contributed by atoms with Crippen molar-refractivity contribution in [3.63, 3.8) is 0 Å². The predicted octanol–water partition coefficient (Wildman–Crippen LogP) is 6.24. The van der Waals surface area contributed by atoms with Gasteiger partial charge in [0.15, 0.2) is 0 Å². The van der Waals surface area contributed by atoms with E-state index in [1.54, 1.807) is 31.2 Å². The van der Waals surface area contributed by atoms with Crippen molar-refractivity contribution in [1.29, 1.82) is 0 Å². The number of hydrogen-bond acceptors (Lipinski definition) is 5. The fourth-order valence-electron chi connectivity index (χ4n) is 6.90. The number of azo groups is 1. The second kappa shape index (κ2) is 8.15. The summed E-state index contributed by atoms with van der Waals surface area (Å²) in [7, 11) is 0. The van der Waals surface area contributed by atoms with E-state index in [2.05, 4.69) is 10.2 Å². The summed E-state index contributed by atoms with van der Waals surface area (Å²) in [5.41, 5.74) is 4.22. The molecule has 4 aromatic carbocycles. The number of amides is 2. The molecule has 38 heavy (non-hydrogen) atoms. The second-order valence-electron chi connectivity index (χ2n) is 10.1. The topological polar surface area (TPSA) is 79.2 Å². The van der Waals surface area contributed by atoms with Crippen molar-refractivity contribution in [2.24, 2.45) is 22.1 Å². The summed E-state index contributed by atoms with van der Waals surface area (Å²) in [5, 5.41) is 8.50. The molecule has 1 saturated heterocycles. The molecule has 2 amide bonds. The predicted molar refractivity (Wildman–Crippen MR) is 143 cm³/mol. The zero-order valence-electron chi connectivity index (χ0n) is 20.6. The van der Waals surface area contributed by atoms with Crippen LogP contribution in [-0.4, -0.2) is 17.6 Å². The van der Waals surface area contributed by atoms with Gasteiger partial charge in [0, 0.05) is 5.92 Å². The van der Waals surface area contributed by atoms with Gasteiger partial charge in [0.05, 0.1) is 34.3 Å². The lowest BCUT2D eigenvalue weighted by Gasteiger charge is -2.52. The van der Waals surface area contributed by atoms with Crippen LogP contribution in [0.25, 0.3) is 0 Å². The van der Waals surface area contributed by atoms with Gasteiger partial charge < -0.3 is 0 Å². The van der Waals surface area contributed by atoms with Gasteiger partial charge in [-0.1, -0.05) is 66.7 Å². The molecular weight excluding hydrogens is 474 g/mol. The Morgan fingerprint density at radius 2 is 1.21 bits per heavy atom. The van der Waals surface area contributed by atoms with E-state index in [1.165, 1.54) is 4.90 Å². The van der Waals surface area contributed by atoms with Crippen molar-refractivity contribution < 1.29 is 14.4 Å². The van der Waals surface area contributed by atoms with E-state index in [0.717, 1.165) is 27.9 Å². The Labute approximate surface area is 219 Å². The van der Waals surface area contributed by atoms with E-state index in [1.807, 2.05) is 78.9 Å². The van der Waals surface area contributed by atoms with Gasteiger partial charge in [-0.05, 0) is 65.6 Å². The van der Waals surface area contributed by atoms with Crippen molar-refractivity contribution in [3.8, 4) is 0 Å². The van der Waals surface area contributed by atoms with Crippen LogP contribution in [0.1, 0.15) is 35.1 Å². The summed E-state index contributed by atoms with van der Waals surface area (Å²) in [6, 6.07) is 31.9. The van der Waals surface area contributed by atoms with Gasteiger partial charge >= 0.3 is 0 Å². The lowest BCUT2D eigenvalue weighted by Crippen LogP contribution is -2.57. The summed E-state index contributed by atoms with van der Waals surface area (Å²) in [4.78, 5) is 43.2. The molecule has 1 aliphatic heterocycles. The molecule has 6 heteroatoms. The van der Waals surface area contributed by atoms with Gasteiger partial charge in [0.2, 0.25) is 11.8 Å². The highest BCUT2D eigenvalue weighted by molar-refractivity contribution is 6.25. The zero-order chi connectivity index (χ0) is 26.0. The van der Waals surface area contributed by atoms with Crippen LogP contribution in [-0.2, 0) is 19.8 Å². The number of anilines is 1. The molecule has 184 valence electrons. The molecule has 6 nitrogen and oxygen atoms in total. The first-order valence-corrected chi connectivity index (χ1v) is 12.7. The van der Waals surface area contributed by atoms with Crippen molar-refractivity contribution in [2.75, 3.05) is 4.90 Å². The Bertz CT molecular complexity index is 1610. The van der Waals surface area contributed by atoms with Crippen LogP contribution in [0, 0.1) is 11.8 Å². The van der Waals surface area contributed by atoms with Gasteiger partial charge in [-0.2, -0.15) is 10.2 Å². The minimum absolute atomic E-state index is 0.120. The first kappa shape index (κ1) is 22.5. The van der Waals surface area contributed by atoms with Gasteiger partial charge in [-0.15, -0.1) is 0 Å². The number of carbonyl (C=O) groups excluding carboxylic acids is 3. The SMILES string of the molecule is CC(=O)C12c3ccccc3C(c3ccccc31)[C@@H]1C(=O)N(c3ccc(N=Nc4ccccc4)cc3)C(=O)[C@H]12. The van der Waals surface area contributed by atoms with Crippen LogP contribution < -0.4 is 4.90 Å². The molecule has 4 aliphatic rings. The number of Topliss-reactive ketones (excluding diaryl/α,β-unsaturated/α-hetero) is 1. The van der Waals surface area contributed by atoms with Crippen molar-refractivity contribution in [2.45, 2.75) is 18.3 Å². The summed E-state index contributed by atoms with van der Waals surface area (Å²) in [6.07, 6.45) is 0. The van der Waals surface area contributed by atoms with E-state index in [-0.39, 0.29) is 23.5 Å². The smallest absolute Gasteiger partial charge is 0.239 e. The second-order valence-corrected chi connectivity index (χ2v) is 10.1. The molecule has 1 fully saturated rings. The van der Waals surface area contributed by atoms with Crippen molar-refractivity contribution >= 4 is 34.7 Å². The molecule has 0 saturated carbocycles. The minimum Gasteiger partial charge on any atom is -0.299 e. The van der Waals surface area contributed by atoms with Crippen LogP contribution in [0.4, 0.5) is 17.1 Å². The number of hydrogen-bond donors (Lipinski definition) is 0. The Balaban J connectivity index is 1.33. The van der Waals surface area contributed by atoms with Crippen LogP contribution in [0.5, 0.6) is 0 Å². The molecule has 2 atom stereocenters. The third-order valence-corrected chi connectivity index (χ3v) is 8.32. The molecule has 8 rings (SSSR count). The average Bonchev–Trinajstić information content (AvgIpc) is 3.23. The van der Waals surface area contributed by atoms with Crippen LogP contribution in [0.3, 0.4) is 0 Å². The molecule has 0 aromatic heterocycles. The number of benzene rings is 4. The van der Waals surface area contributed by atoms with Crippen molar-refractivity contribution in [1.82, 2.24) is 0 Å². The lowest BCUT2D eigenvalue weighted by atomic mass is 9.46. The number of nitrogens with zero attached hydrogens (tertiary/aromatic N) is 3. The molecule has 2 bridgehead atoms. The molecule has 3 aliphatic carbocycles. The average molecular weight is 498 g/mol. The number of rotatable bonds is 4. The van der Waals surface area contributed by atoms with E-state index < -0.39 is 17.3 Å². The summed E-state index contributed by atoms with van der Waals surface area (Å²) >= 11 is 0. The van der Waals surface area contributed by atoms with Crippen LogP contribution in [0.2, 0.25) is 0 Å². The maximum atomic E-state index is 14.2. The fraction of sp³-hybridized carbons (Fsp3) is 0.156. The first-order valence-electron chi connectivity index (χ1n) is 12.7. The highest BCUT2D eigenvalue weighted by Crippen LogP contribution is 2.64. The monoisotopic (exact) mass is 497 g/mol. The molecule has 0 spiro atoms. The molecular formula is C32H23N3O3. The largest absolute Gasteiger partial charge is 0.299 e. The highest BCUT2D eigenvalue weighted by Gasteiger charge is 2.69. The fourth-order valence-corrected chi connectivity index (χ4v) is 6.90. The Morgan fingerprint density at radius 1 is 0.684 bits per heavy atom. The van der Waals surface area contributed by atoms with Gasteiger partial charge in [-0.3, -0.25) is 14.4 Å². The van der Waals surface area contributed by atoms with Crippen molar-refractivity contribution in [3.05, 3.63) is 125 Å². The van der Waals surface area contributed by atoms with E-state index in [0.29, 0.717) is 11.4 Å². The summed E-state index contributed by atoms with van der Waals surface area (Å²) < 4.78 is 0. The minimum atomic E-state index is -1.20. The third-order valence-electron chi connectivity index (χ3n) is 8.32. The Morgan fingerprint density at radius 3 is 1.79 bits per heavy atom. The molecule has 0 unspecified atom stereocenters. The van der Waals surface area contributed by atoms with E-state index in [9.17, 15) is 14.4 Å². The number of carbonyl (C=O) groups is 3. The highest BCUT2D eigenvalue weighted by atomic mass is 16.2. The summed E-state index contributed by atoms with van der Waals surface area (Å²) in [6.45, 7) is 1.54. The van der Waals surface area contributed by atoms with Gasteiger partial charge in [-0.25, -0.2) is 4.90 Å². The van der Waals surface area contributed by atoms with Crippen LogP contribution >= 0.6 is 0 Å². The first-order chi connectivity index (χ1) is 18.5. The third kappa shape index (κ3) is 2.85. The summed E-state index contributed by atoms with van der Waals surface area (Å²) in [5.74, 6) is -2.44. The lowest BCUT2D eigenvalue weighted by molar-refractivity contribution is -0.132. The maximum Gasteiger partial charge on any atom is 0.239 e. The Hall–Kier alpha value is -4.71. The normalized spacial score (nSPS) is 24.9. The molecule has 4 aromatic rings. The zero-order valence-corrected chi connectivity index (χ0v) is 20.6. The molecule has 1 heterocycles. The van der Waals surface area contributed by atoms with E-state index in [4.69, 9.17) is 0 Å². The maximum absolute atomic E-state index is 14.2. The van der Waals surface area contributed by atoms with Gasteiger partial charge in [0.25, 0.3) is 0 Å². The number of ketones is 1. The van der Waals surface area contributed by atoms with E-state index >= 15 is 0 Å².